The number of amides is 1. The third-order valence-electron chi connectivity index (χ3n) is 1.97. The van der Waals surface area contributed by atoms with Crippen LogP contribution in [0.15, 0.2) is 0 Å². The Hall–Kier alpha value is -1.06. The summed E-state index contributed by atoms with van der Waals surface area (Å²) < 4.78 is 4.93. The van der Waals surface area contributed by atoms with Crippen molar-refractivity contribution in [2.24, 2.45) is 0 Å². The monoisotopic (exact) mass is 214 g/mol. The largest absolute Gasteiger partial charge is 0.466 e. The maximum absolute atomic E-state index is 11.1. The first-order valence-corrected chi connectivity index (χ1v) is 5.57. The van der Waals surface area contributed by atoms with E-state index in [0.717, 1.165) is 32.1 Å². The standard InChI is InChI=1S/C11H20NO3/c1-2-9-15-11(14)7-5-3-4-6-8-12-10-13/h2-9H2,1H3,(H,12,13). The van der Waals surface area contributed by atoms with Gasteiger partial charge in [0, 0.05) is 13.0 Å². The SMILES string of the molecule is CCCOC(=O)CCCCCCN[C]=O. The number of rotatable bonds is 10. The van der Waals surface area contributed by atoms with Gasteiger partial charge in [-0.1, -0.05) is 19.8 Å². The van der Waals surface area contributed by atoms with Gasteiger partial charge in [0.2, 0.25) is 0 Å². The van der Waals surface area contributed by atoms with Gasteiger partial charge >= 0.3 is 12.4 Å². The molecule has 0 saturated heterocycles. The summed E-state index contributed by atoms with van der Waals surface area (Å²) in [5, 5.41) is 2.48. The maximum atomic E-state index is 11.1. The van der Waals surface area contributed by atoms with E-state index in [1.807, 2.05) is 6.92 Å². The van der Waals surface area contributed by atoms with Crippen LogP contribution in [0, 0.1) is 0 Å². The first kappa shape index (κ1) is 13.9. The molecule has 0 unspecified atom stereocenters. The average Bonchev–Trinajstić information content (AvgIpc) is 2.25. The summed E-state index contributed by atoms with van der Waals surface area (Å²) in [5.41, 5.74) is 0. The Balaban J connectivity index is 3.09. The van der Waals surface area contributed by atoms with Crippen LogP contribution in [-0.4, -0.2) is 25.5 Å². The number of ether oxygens (including phenoxy) is 1. The third kappa shape index (κ3) is 10.9. The Bertz CT molecular complexity index is 171. The molecule has 0 aromatic rings. The fourth-order valence-corrected chi connectivity index (χ4v) is 1.18. The number of hydrogen-bond donors (Lipinski definition) is 1. The molecule has 0 aromatic heterocycles. The molecule has 1 amide bonds. The molecule has 15 heavy (non-hydrogen) atoms. The smallest absolute Gasteiger partial charge is 0.309 e. The van der Waals surface area contributed by atoms with Gasteiger partial charge in [-0.2, -0.15) is 0 Å². The minimum atomic E-state index is -0.101. The Morgan fingerprint density at radius 1 is 1.27 bits per heavy atom. The fraction of sp³-hybridized carbons (Fsp3) is 0.818. The zero-order chi connectivity index (χ0) is 11.4. The highest BCUT2D eigenvalue weighted by Gasteiger charge is 2.00. The van der Waals surface area contributed by atoms with Gasteiger partial charge in [-0.05, 0) is 19.3 Å². The highest BCUT2D eigenvalue weighted by Crippen LogP contribution is 2.03. The van der Waals surface area contributed by atoms with E-state index in [1.54, 1.807) is 6.41 Å². The molecule has 4 nitrogen and oxygen atoms in total. The van der Waals surface area contributed by atoms with Gasteiger partial charge in [0.1, 0.15) is 0 Å². The Kier molecular flexibility index (Phi) is 10.2. The molecule has 0 saturated carbocycles. The van der Waals surface area contributed by atoms with E-state index >= 15 is 0 Å². The Labute approximate surface area is 91.4 Å². The van der Waals surface area contributed by atoms with Gasteiger partial charge in [0.05, 0.1) is 6.61 Å². The molecule has 0 fully saturated rings. The van der Waals surface area contributed by atoms with Crippen LogP contribution < -0.4 is 5.32 Å². The summed E-state index contributed by atoms with van der Waals surface area (Å²) in [4.78, 5) is 20.8. The maximum Gasteiger partial charge on any atom is 0.309 e. The van der Waals surface area contributed by atoms with Gasteiger partial charge in [-0.15, -0.1) is 0 Å². The molecule has 0 bridgehead atoms. The van der Waals surface area contributed by atoms with Crippen LogP contribution in [0.2, 0.25) is 0 Å². The lowest BCUT2D eigenvalue weighted by Gasteiger charge is -2.02. The van der Waals surface area contributed by atoms with Gasteiger partial charge in [-0.25, -0.2) is 0 Å². The second-order valence-electron chi connectivity index (χ2n) is 3.41. The molecule has 0 aliphatic carbocycles. The zero-order valence-corrected chi connectivity index (χ0v) is 9.38. The second kappa shape index (κ2) is 11.0. The Morgan fingerprint density at radius 2 is 2.00 bits per heavy atom. The number of carbonyl (C=O) groups is 1. The second-order valence-corrected chi connectivity index (χ2v) is 3.41. The molecule has 87 valence electrons. The van der Waals surface area contributed by atoms with Crippen molar-refractivity contribution in [2.45, 2.75) is 45.4 Å². The van der Waals surface area contributed by atoms with Crippen LogP contribution in [0.4, 0.5) is 0 Å². The lowest BCUT2D eigenvalue weighted by molar-refractivity contribution is -0.143. The lowest BCUT2D eigenvalue weighted by atomic mass is 10.1. The average molecular weight is 214 g/mol. The van der Waals surface area contributed by atoms with E-state index in [1.165, 1.54) is 0 Å². The summed E-state index contributed by atoms with van der Waals surface area (Å²) in [7, 11) is 0. The molecule has 0 heterocycles. The molecule has 0 atom stereocenters. The third-order valence-corrected chi connectivity index (χ3v) is 1.97. The summed E-state index contributed by atoms with van der Waals surface area (Å²) in [6.07, 6.45) is 6.85. The number of carbonyl (C=O) groups excluding carboxylic acids is 2. The van der Waals surface area contributed by atoms with E-state index < -0.39 is 0 Å². The zero-order valence-electron chi connectivity index (χ0n) is 9.38. The van der Waals surface area contributed by atoms with Crippen molar-refractivity contribution in [2.75, 3.05) is 13.2 Å². The summed E-state index contributed by atoms with van der Waals surface area (Å²) >= 11 is 0. The fourth-order valence-electron chi connectivity index (χ4n) is 1.18. The summed E-state index contributed by atoms with van der Waals surface area (Å²) in [6, 6.07) is 0. The molecular weight excluding hydrogens is 194 g/mol. The van der Waals surface area contributed by atoms with Crippen LogP contribution in [-0.2, 0) is 14.3 Å². The quantitative estimate of drug-likeness (QED) is 0.341. The molecule has 1 N–H and O–H groups in total. The molecule has 0 aliphatic rings. The topological polar surface area (TPSA) is 55.4 Å². The van der Waals surface area contributed by atoms with Crippen molar-refractivity contribution in [1.29, 1.82) is 0 Å². The normalized spacial score (nSPS) is 9.67. The van der Waals surface area contributed by atoms with Gasteiger partial charge in [0.15, 0.2) is 0 Å². The van der Waals surface area contributed by atoms with Crippen LogP contribution in [0.1, 0.15) is 45.4 Å². The first-order valence-electron chi connectivity index (χ1n) is 5.57. The number of esters is 1. The van der Waals surface area contributed by atoms with Crippen LogP contribution in [0.3, 0.4) is 0 Å². The minimum Gasteiger partial charge on any atom is -0.466 e. The number of unbranched alkanes of at least 4 members (excludes halogenated alkanes) is 3. The molecule has 0 aliphatic heterocycles. The highest BCUT2D eigenvalue weighted by atomic mass is 16.5. The van der Waals surface area contributed by atoms with E-state index in [2.05, 4.69) is 5.32 Å². The summed E-state index contributed by atoms with van der Waals surface area (Å²) in [6.45, 7) is 3.17. The molecule has 4 heteroatoms. The molecule has 0 rings (SSSR count). The molecule has 0 aromatic carbocycles. The van der Waals surface area contributed by atoms with Crippen molar-refractivity contribution >= 4 is 12.4 Å². The van der Waals surface area contributed by atoms with E-state index in [4.69, 9.17) is 4.74 Å². The Morgan fingerprint density at radius 3 is 2.67 bits per heavy atom. The van der Waals surface area contributed by atoms with Crippen molar-refractivity contribution in [3.8, 4) is 0 Å². The number of nitrogens with one attached hydrogen (secondary N) is 1. The van der Waals surface area contributed by atoms with Crippen molar-refractivity contribution < 1.29 is 14.3 Å². The van der Waals surface area contributed by atoms with Crippen molar-refractivity contribution in [3.63, 3.8) is 0 Å². The predicted octanol–water partition coefficient (Wildman–Crippen LogP) is 1.55. The molecule has 1 radical (unpaired) electrons. The van der Waals surface area contributed by atoms with Crippen LogP contribution in [0.5, 0.6) is 0 Å². The van der Waals surface area contributed by atoms with Gasteiger partial charge < -0.3 is 10.1 Å². The summed E-state index contributed by atoms with van der Waals surface area (Å²) in [5.74, 6) is -0.101. The van der Waals surface area contributed by atoms with Gasteiger partial charge in [-0.3, -0.25) is 9.59 Å². The number of hydrogen-bond acceptors (Lipinski definition) is 3. The minimum absolute atomic E-state index is 0.101. The van der Waals surface area contributed by atoms with Crippen LogP contribution >= 0.6 is 0 Å². The van der Waals surface area contributed by atoms with Crippen molar-refractivity contribution in [3.05, 3.63) is 0 Å². The lowest BCUT2D eigenvalue weighted by Crippen LogP contribution is -2.11. The predicted molar refractivity (Wildman–Crippen MR) is 58.0 cm³/mol. The van der Waals surface area contributed by atoms with E-state index in [0.29, 0.717) is 19.6 Å². The van der Waals surface area contributed by atoms with Crippen LogP contribution in [0.25, 0.3) is 0 Å². The highest BCUT2D eigenvalue weighted by molar-refractivity contribution is 5.69. The molecule has 0 spiro atoms. The molecular formula is C11H20NO3. The first-order chi connectivity index (χ1) is 7.31. The van der Waals surface area contributed by atoms with E-state index in [9.17, 15) is 9.59 Å². The van der Waals surface area contributed by atoms with Crippen molar-refractivity contribution in [1.82, 2.24) is 5.32 Å². The van der Waals surface area contributed by atoms with Gasteiger partial charge in [0.25, 0.3) is 0 Å². The van der Waals surface area contributed by atoms with E-state index in [-0.39, 0.29) is 5.97 Å².